The van der Waals surface area contributed by atoms with Crippen molar-refractivity contribution in [1.29, 1.82) is 0 Å². The summed E-state index contributed by atoms with van der Waals surface area (Å²) in [7, 11) is 2.75. The molecule has 39 heavy (non-hydrogen) atoms. The van der Waals surface area contributed by atoms with Gasteiger partial charge in [0, 0.05) is 29.3 Å². The number of nitrogens with one attached hydrogen (secondary N) is 3. The molecule has 2 atom stereocenters. The van der Waals surface area contributed by atoms with Crippen molar-refractivity contribution in [3.8, 4) is 40.3 Å². The van der Waals surface area contributed by atoms with Crippen molar-refractivity contribution in [2.45, 2.75) is 30.1 Å². The summed E-state index contributed by atoms with van der Waals surface area (Å²) in [6, 6.07) is 3.76. The first-order valence-corrected chi connectivity index (χ1v) is 12.7. The molecule has 1 aliphatic carbocycles. The van der Waals surface area contributed by atoms with Crippen molar-refractivity contribution in [2.24, 2.45) is 5.92 Å². The second-order valence-corrected chi connectivity index (χ2v) is 9.78. The van der Waals surface area contributed by atoms with Crippen LogP contribution in [0.3, 0.4) is 0 Å². The van der Waals surface area contributed by atoms with Crippen LogP contribution in [0, 0.1) is 17.8 Å². The number of thioether (sulfide) groups is 1. The molecule has 0 aromatic carbocycles. The second kappa shape index (κ2) is 11.4. The Kier molecular flexibility index (Phi) is 7.73. The first kappa shape index (κ1) is 26.5. The van der Waals surface area contributed by atoms with Crippen LogP contribution in [0.25, 0.3) is 16.9 Å². The van der Waals surface area contributed by atoms with E-state index in [1.165, 1.54) is 50.5 Å². The number of carbonyl (C=O) groups is 1. The minimum atomic E-state index is -2.86. The predicted molar refractivity (Wildman–Crippen MR) is 138 cm³/mol. The number of hydrogen-bond acceptors (Lipinski definition) is 10. The maximum absolute atomic E-state index is 13.6. The summed E-state index contributed by atoms with van der Waals surface area (Å²) in [6.07, 6.45) is 3.07. The van der Waals surface area contributed by atoms with Crippen LogP contribution in [0.1, 0.15) is 35.3 Å². The van der Waals surface area contributed by atoms with Gasteiger partial charge in [-0.25, -0.2) is 24.6 Å². The lowest BCUT2D eigenvalue weighted by molar-refractivity contribution is 0.0945. The zero-order chi connectivity index (χ0) is 27.5. The van der Waals surface area contributed by atoms with Crippen LogP contribution < -0.4 is 31.2 Å². The number of hydrogen-bond donors (Lipinski definition) is 3. The van der Waals surface area contributed by atoms with Crippen LogP contribution in [-0.2, 0) is 0 Å². The maximum Gasteiger partial charge on any atom is 0.280 e. The van der Waals surface area contributed by atoms with E-state index in [1.54, 1.807) is 0 Å². The third-order valence-electron chi connectivity index (χ3n) is 5.86. The van der Waals surface area contributed by atoms with E-state index in [0.29, 0.717) is 5.92 Å². The third-order valence-corrected chi connectivity index (χ3v) is 6.88. The van der Waals surface area contributed by atoms with Crippen molar-refractivity contribution in [3.05, 3.63) is 58.4 Å². The Bertz CT molecular complexity index is 1520. The van der Waals surface area contributed by atoms with Gasteiger partial charge in [0.05, 0.1) is 32.2 Å². The van der Waals surface area contributed by atoms with E-state index in [1.807, 2.05) is 0 Å². The minimum absolute atomic E-state index is 0.0529. The molecule has 0 bridgehead atoms. The number of methoxy groups -OCH3 is 2. The number of pyridine rings is 2. The van der Waals surface area contributed by atoms with Crippen LogP contribution in [-0.4, -0.2) is 50.7 Å². The van der Waals surface area contributed by atoms with Crippen LogP contribution in [0.4, 0.5) is 8.78 Å². The molecular weight excluding hydrogens is 532 g/mol. The highest BCUT2D eigenvalue weighted by Gasteiger charge is 2.28. The van der Waals surface area contributed by atoms with Gasteiger partial charge in [-0.05, 0) is 25.0 Å². The van der Waals surface area contributed by atoms with Crippen molar-refractivity contribution >= 4 is 17.7 Å². The summed E-state index contributed by atoms with van der Waals surface area (Å²) in [5.41, 5.74) is 4.81. The fraction of sp³-hybridized carbons (Fsp3) is 0.320. The van der Waals surface area contributed by atoms with E-state index in [9.17, 15) is 18.4 Å². The highest BCUT2D eigenvalue weighted by Crippen LogP contribution is 2.35. The molecule has 3 aromatic rings. The van der Waals surface area contributed by atoms with Gasteiger partial charge in [-0.2, -0.15) is 9.78 Å². The van der Waals surface area contributed by atoms with E-state index >= 15 is 0 Å². The van der Waals surface area contributed by atoms with Gasteiger partial charge in [0.1, 0.15) is 28.1 Å². The number of ether oxygens (including phenoxy) is 2. The molecule has 0 spiro atoms. The molecule has 2 fully saturated rings. The third kappa shape index (κ3) is 6.00. The smallest absolute Gasteiger partial charge is 0.280 e. The summed E-state index contributed by atoms with van der Waals surface area (Å²) in [5.74, 6) is 6.65. The van der Waals surface area contributed by atoms with E-state index < -0.39 is 29.1 Å². The molecule has 2 aliphatic rings. The largest absolute Gasteiger partial charge is 0.495 e. The number of rotatable bonds is 7. The van der Waals surface area contributed by atoms with E-state index in [-0.39, 0.29) is 39.4 Å². The highest BCUT2D eigenvalue weighted by atomic mass is 32.2. The van der Waals surface area contributed by atoms with Crippen molar-refractivity contribution in [1.82, 2.24) is 35.9 Å². The van der Waals surface area contributed by atoms with Gasteiger partial charge in [-0.3, -0.25) is 14.6 Å². The summed E-state index contributed by atoms with van der Waals surface area (Å²) < 4.78 is 38.5. The number of carbonyl (C=O) groups excluding carboxylic acids is 1. The van der Waals surface area contributed by atoms with Crippen molar-refractivity contribution in [2.75, 3.05) is 14.2 Å². The molecule has 4 heterocycles. The summed E-state index contributed by atoms with van der Waals surface area (Å²) in [4.78, 5) is 34.1. The lowest BCUT2D eigenvalue weighted by atomic mass is 10.00. The number of amides is 1. The number of halogens is 2. The molecule has 5 rings (SSSR count). The lowest BCUT2D eigenvalue weighted by Crippen LogP contribution is -2.43. The van der Waals surface area contributed by atoms with Crippen LogP contribution in [0.15, 0.2) is 41.6 Å². The van der Waals surface area contributed by atoms with E-state index in [4.69, 9.17) is 9.47 Å². The first-order chi connectivity index (χ1) is 18.9. The Morgan fingerprint density at radius 1 is 1.10 bits per heavy atom. The number of hydrazine groups is 1. The Labute approximate surface area is 225 Å². The van der Waals surface area contributed by atoms with Crippen LogP contribution in [0.5, 0.6) is 11.5 Å². The summed E-state index contributed by atoms with van der Waals surface area (Å²) >= 11 is 1.38. The molecule has 14 heteroatoms. The molecule has 0 radical (unpaired) electrons. The normalized spacial score (nSPS) is 18.4. The van der Waals surface area contributed by atoms with E-state index in [0.717, 1.165) is 29.8 Å². The minimum Gasteiger partial charge on any atom is -0.495 e. The van der Waals surface area contributed by atoms with Crippen molar-refractivity contribution < 1.29 is 23.0 Å². The molecule has 202 valence electrons. The molecule has 2 unspecified atom stereocenters. The Morgan fingerprint density at radius 3 is 2.62 bits per heavy atom. The van der Waals surface area contributed by atoms with E-state index in [2.05, 4.69) is 43.1 Å². The summed E-state index contributed by atoms with van der Waals surface area (Å²) in [6.45, 7) is 0. The summed E-state index contributed by atoms with van der Waals surface area (Å²) in [5, 5.41) is 6.69. The Morgan fingerprint density at radius 2 is 1.92 bits per heavy atom. The Hall–Kier alpha value is -4.06. The molecule has 1 amide bonds. The molecule has 1 aliphatic heterocycles. The topological polar surface area (TPSA) is 132 Å². The van der Waals surface area contributed by atoms with Gasteiger partial charge < -0.3 is 14.8 Å². The molecular formula is C25H23F2N7O4S. The van der Waals surface area contributed by atoms with Gasteiger partial charge in [-0.1, -0.05) is 23.6 Å². The van der Waals surface area contributed by atoms with Gasteiger partial charge in [0.25, 0.3) is 17.9 Å². The molecule has 1 saturated heterocycles. The monoisotopic (exact) mass is 555 g/mol. The molecule has 3 aromatic heterocycles. The maximum atomic E-state index is 13.6. The fourth-order valence-electron chi connectivity index (χ4n) is 3.70. The SMILES string of the molecule is COc1cnn(-c2cc(-c3cc(C(F)F)ncc3OC)c(C(=O)NC3NNC(C#CC4CC4)S3)cn2)c(=O)c1. The lowest BCUT2D eigenvalue weighted by Gasteiger charge is -2.17. The zero-order valence-electron chi connectivity index (χ0n) is 20.8. The number of aromatic nitrogens is 4. The van der Waals surface area contributed by atoms with Gasteiger partial charge >= 0.3 is 0 Å². The quantitative estimate of drug-likeness (QED) is 0.373. The van der Waals surface area contributed by atoms with Crippen molar-refractivity contribution in [3.63, 3.8) is 0 Å². The predicted octanol–water partition coefficient (Wildman–Crippen LogP) is 2.24. The number of alkyl halides is 2. The number of nitrogens with zero attached hydrogens (tertiary/aromatic N) is 4. The first-order valence-electron chi connectivity index (χ1n) is 11.8. The Balaban J connectivity index is 1.52. The van der Waals surface area contributed by atoms with Crippen LogP contribution >= 0.6 is 11.8 Å². The molecule has 11 nitrogen and oxygen atoms in total. The van der Waals surface area contributed by atoms with Gasteiger partial charge in [0.15, 0.2) is 5.82 Å². The van der Waals surface area contributed by atoms with Gasteiger partial charge in [0.2, 0.25) is 0 Å². The van der Waals surface area contributed by atoms with Gasteiger partial charge in [-0.15, -0.1) is 0 Å². The highest BCUT2D eigenvalue weighted by molar-refractivity contribution is 8.00. The average Bonchev–Trinajstić information content (AvgIpc) is 3.68. The van der Waals surface area contributed by atoms with Crippen LogP contribution in [0.2, 0.25) is 0 Å². The molecule has 1 saturated carbocycles. The standard InChI is InChI=1S/C25H23F2N7O4S/c1-37-14-7-22(35)34(30-10-14)20-9-15(16-8-18(23(26)27)28-12-19(16)38-2)17(11-29-20)24(36)31-25-33-32-21(39-25)6-5-13-3-4-13/h7-13,21,23,25,32-33H,3-4H2,1-2H3,(H,31,36). The molecule has 3 N–H and O–H groups in total. The average molecular weight is 556 g/mol. The zero-order valence-corrected chi connectivity index (χ0v) is 21.6. The fourth-order valence-corrected chi connectivity index (χ4v) is 4.56. The second-order valence-electron chi connectivity index (χ2n) is 8.56.